The first kappa shape index (κ1) is 21.0. The van der Waals surface area contributed by atoms with Crippen molar-refractivity contribution in [3.63, 3.8) is 0 Å². The van der Waals surface area contributed by atoms with Crippen LogP contribution in [0.4, 0.5) is 0 Å². The molecule has 0 spiro atoms. The van der Waals surface area contributed by atoms with E-state index in [1.165, 1.54) is 10.4 Å². The number of thiophene rings is 1. The lowest BCUT2D eigenvalue weighted by Crippen LogP contribution is -2.44. The number of hydrogen-bond donors (Lipinski definition) is 2. The van der Waals surface area contributed by atoms with Gasteiger partial charge in [0.25, 0.3) is 0 Å². The van der Waals surface area contributed by atoms with Crippen molar-refractivity contribution in [3.8, 4) is 0 Å². The highest BCUT2D eigenvalue weighted by Crippen LogP contribution is 2.26. The Morgan fingerprint density at radius 2 is 1.85 bits per heavy atom. The standard InChI is InChI=1S/C21H30N4OS/c1-21(2,18-11-8-14-27-18)16-24-20(23-15-19(26)25(3)4)22-13-12-17-9-6-5-7-10-17/h5-11,14H,12-13,15-16H2,1-4H3,(H2,22,23,24). The van der Waals surface area contributed by atoms with Gasteiger partial charge in [-0.3, -0.25) is 4.79 Å². The van der Waals surface area contributed by atoms with E-state index in [0.717, 1.165) is 19.5 Å². The van der Waals surface area contributed by atoms with Crippen LogP contribution < -0.4 is 10.6 Å². The van der Waals surface area contributed by atoms with Crippen molar-refractivity contribution < 1.29 is 4.79 Å². The fraction of sp³-hybridized carbons (Fsp3) is 0.429. The third kappa shape index (κ3) is 7.06. The predicted molar refractivity (Wildman–Crippen MR) is 114 cm³/mol. The van der Waals surface area contributed by atoms with Gasteiger partial charge in [-0.25, -0.2) is 4.99 Å². The monoisotopic (exact) mass is 386 g/mol. The fourth-order valence-electron chi connectivity index (χ4n) is 2.49. The summed E-state index contributed by atoms with van der Waals surface area (Å²) >= 11 is 1.76. The number of hydrogen-bond acceptors (Lipinski definition) is 3. The Morgan fingerprint density at radius 1 is 1.11 bits per heavy atom. The van der Waals surface area contributed by atoms with Crippen LogP contribution >= 0.6 is 11.3 Å². The number of rotatable bonds is 8. The number of guanidine groups is 1. The van der Waals surface area contributed by atoms with Crippen molar-refractivity contribution in [2.75, 3.05) is 33.7 Å². The zero-order chi connectivity index (χ0) is 19.7. The molecule has 1 amide bonds. The highest BCUT2D eigenvalue weighted by atomic mass is 32.1. The maximum Gasteiger partial charge on any atom is 0.243 e. The van der Waals surface area contributed by atoms with E-state index in [1.807, 2.05) is 18.2 Å². The molecule has 0 aliphatic rings. The van der Waals surface area contributed by atoms with E-state index in [0.29, 0.717) is 5.96 Å². The van der Waals surface area contributed by atoms with Gasteiger partial charge < -0.3 is 15.5 Å². The third-order valence-electron chi connectivity index (χ3n) is 4.31. The van der Waals surface area contributed by atoms with Gasteiger partial charge in [0, 0.05) is 37.5 Å². The fourth-order valence-corrected chi connectivity index (χ4v) is 3.34. The number of carbonyl (C=O) groups is 1. The van der Waals surface area contributed by atoms with Gasteiger partial charge in [-0.2, -0.15) is 0 Å². The molecule has 27 heavy (non-hydrogen) atoms. The maximum absolute atomic E-state index is 11.9. The number of nitrogens with zero attached hydrogens (tertiary/aromatic N) is 2. The molecular weight excluding hydrogens is 356 g/mol. The Morgan fingerprint density at radius 3 is 2.48 bits per heavy atom. The van der Waals surface area contributed by atoms with Gasteiger partial charge in [0.15, 0.2) is 5.96 Å². The lowest BCUT2D eigenvalue weighted by molar-refractivity contribution is -0.127. The van der Waals surface area contributed by atoms with E-state index in [1.54, 1.807) is 30.3 Å². The summed E-state index contributed by atoms with van der Waals surface area (Å²) in [5.74, 6) is 0.655. The molecule has 0 aliphatic heterocycles. The average Bonchev–Trinajstić information content (AvgIpc) is 3.19. The minimum absolute atomic E-state index is 0.0123. The largest absolute Gasteiger partial charge is 0.356 e. The predicted octanol–water partition coefficient (Wildman–Crippen LogP) is 2.89. The number of aliphatic imine (C=N–C) groups is 1. The maximum atomic E-state index is 11.9. The molecular formula is C21H30N4OS. The molecule has 2 rings (SSSR count). The molecule has 1 aromatic carbocycles. The van der Waals surface area contributed by atoms with E-state index in [9.17, 15) is 4.79 Å². The van der Waals surface area contributed by atoms with E-state index in [2.05, 4.69) is 59.1 Å². The molecule has 2 aromatic rings. The number of carbonyl (C=O) groups excluding carboxylic acids is 1. The second-order valence-electron chi connectivity index (χ2n) is 7.33. The molecule has 146 valence electrons. The molecule has 2 N–H and O–H groups in total. The van der Waals surface area contributed by atoms with Crippen molar-refractivity contribution in [2.45, 2.75) is 25.7 Å². The van der Waals surface area contributed by atoms with Crippen LogP contribution in [0.15, 0.2) is 52.8 Å². The Balaban J connectivity index is 1.96. The lowest BCUT2D eigenvalue weighted by Gasteiger charge is -2.25. The first-order valence-electron chi connectivity index (χ1n) is 9.19. The van der Waals surface area contributed by atoms with E-state index in [-0.39, 0.29) is 17.9 Å². The third-order valence-corrected chi connectivity index (χ3v) is 5.54. The van der Waals surface area contributed by atoms with Gasteiger partial charge in [0.2, 0.25) is 5.91 Å². The number of benzene rings is 1. The zero-order valence-electron chi connectivity index (χ0n) is 16.7. The Labute approximate surface area is 166 Å². The van der Waals surface area contributed by atoms with Crippen molar-refractivity contribution >= 4 is 23.2 Å². The normalized spacial score (nSPS) is 11.9. The highest BCUT2D eigenvalue weighted by molar-refractivity contribution is 7.10. The summed E-state index contributed by atoms with van der Waals surface area (Å²) in [5.41, 5.74) is 1.26. The van der Waals surface area contributed by atoms with Crippen LogP contribution in [0.25, 0.3) is 0 Å². The molecule has 0 saturated carbocycles. The Bertz CT molecular complexity index is 724. The van der Waals surface area contributed by atoms with Crippen molar-refractivity contribution in [2.24, 2.45) is 4.99 Å². The summed E-state index contributed by atoms with van der Waals surface area (Å²) in [5, 5.41) is 8.85. The Kier molecular flexibility index (Phi) is 7.85. The second-order valence-corrected chi connectivity index (χ2v) is 8.28. The molecule has 0 fully saturated rings. The van der Waals surface area contributed by atoms with Crippen LogP contribution in [-0.4, -0.2) is 50.5 Å². The van der Waals surface area contributed by atoms with Crippen LogP contribution in [0.5, 0.6) is 0 Å². The van der Waals surface area contributed by atoms with Gasteiger partial charge in [-0.1, -0.05) is 50.2 Å². The summed E-state index contributed by atoms with van der Waals surface area (Å²) in [6, 6.07) is 14.6. The van der Waals surface area contributed by atoms with E-state index in [4.69, 9.17) is 0 Å². The number of nitrogens with one attached hydrogen (secondary N) is 2. The summed E-state index contributed by atoms with van der Waals surface area (Å²) in [7, 11) is 3.49. The number of likely N-dealkylation sites (N-methyl/N-ethyl adjacent to an activating group) is 1. The highest BCUT2D eigenvalue weighted by Gasteiger charge is 2.22. The van der Waals surface area contributed by atoms with Gasteiger partial charge in [0.1, 0.15) is 6.54 Å². The minimum Gasteiger partial charge on any atom is -0.356 e. The first-order valence-corrected chi connectivity index (χ1v) is 10.1. The molecule has 0 bridgehead atoms. The van der Waals surface area contributed by atoms with E-state index >= 15 is 0 Å². The molecule has 6 heteroatoms. The molecule has 0 radical (unpaired) electrons. The minimum atomic E-state index is -0.0170. The van der Waals surface area contributed by atoms with Gasteiger partial charge in [0.05, 0.1) is 0 Å². The van der Waals surface area contributed by atoms with Crippen LogP contribution in [0.2, 0.25) is 0 Å². The average molecular weight is 387 g/mol. The summed E-state index contributed by atoms with van der Waals surface area (Å²) in [4.78, 5) is 19.2. The zero-order valence-corrected chi connectivity index (χ0v) is 17.5. The van der Waals surface area contributed by atoms with Crippen LogP contribution in [0.3, 0.4) is 0 Å². The van der Waals surface area contributed by atoms with Crippen molar-refractivity contribution in [1.29, 1.82) is 0 Å². The SMILES string of the molecule is CN(C)C(=O)CN=C(NCCc1ccccc1)NCC(C)(C)c1cccs1. The van der Waals surface area contributed by atoms with Crippen LogP contribution in [0, 0.1) is 0 Å². The molecule has 0 unspecified atom stereocenters. The Hall–Kier alpha value is -2.34. The quantitative estimate of drug-likeness (QED) is 0.542. The van der Waals surface area contributed by atoms with Crippen LogP contribution in [-0.2, 0) is 16.6 Å². The molecule has 1 aromatic heterocycles. The molecule has 1 heterocycles. The topological polar surface area (TPSA) is 56.7 Å². The van der Waals surface area contributed by atoms with E-state index < -0.39 is 0 Å². The smallest absolute Gasteiger partial charge is 0.243 e. The van der Waals surface area contributed by atoms with Crippen LogP contribution in [0.1, 0.15) is 24.3 Å². The summed E-state index contributed by atoms with van der Waals surface area (Å²) in [6.45, 7) is 6.04. The number of amides is 1. The summed E-state index contributed by atoms with van der Waals surface area (Å²) in [6.07, 6.45) is 0.900. The van der Waals surface area contributed by atoms with Crippen molar-refractivity contribution in [3.05, 3.63) is 58.3 Å². The van der Waals surface area contributed by atoms with Gasteiger partial charge in [-0.05, 0) is 23.4 Å². The molecule has 0 atom stereocenters. The molecule has 0 aliphatic carbocycles. The lowest BCUT2D eigenvalue weighted by atomic mass is 9.91. The second kappa shape index (κ2) is 10.1. The molecule has 5 nitrogen and oxygen atoms in total. The van der Waals surface area contributed by atoms with Gasteiger partial charge in [-0.15, -0.1) is 11.3 Å². The first-order chi connectivity index (χ1) is 12.9. The van der Waals surface area contributed by atoms with Gasteiger partial charge >= 0.3 is 0 Å². The molecule has 0 saturated heterocycles. The summed E-state index contributed by atoms with van der Waals surface area (Å²) < 4.78 is 0. The van der Waals surface area contributed by atoms with Crippen molar-refractivity contribution in [1.82, 2.24) is 15.5 Å².